The Hall–Kier alpha value is -1.36. The molecule has 5 heteroatoms. The molecule has 1 aromatic heterocycles. The van der Waals surface area contributed by atoms with Gasteiger partial charge in [-0.15, -0.1) is 0 Å². The first-order chi connectivity index (χ1) is 11.6. The van der Waals surface area contributed by atoms with Gasteiger partial charge in [0.1, 0.15) is 0 Å². The lowest BCUT2D eigenvalue weighted by Crippen LogP contribution is -2.48. The van der Waals surface area contributed by atoms with Crippen molar-refractivity contribution in [2.24, 2.45) is 11.8 Å². The molecule has 1 aliphatic carbocycles. The Balaban J connectivity index is 1.40. The van der Waals surface area contributed by atoms with E-state index < -0.39 is 0 Å². The van der Waals surface area contributed by atoms with Gasteiger partial charge in [-0.2, -0.15) is 11.3 Å². The first-order valence-electron chi connectivity index (χ1n) is 9.25. The van der Waals surface area contributed by atoms with E-state index in [0.717, 1.165) is 45.2 Å². The molecule has 130 valence electrons. The number of rotatable bonds is 3. The van der Waals surface area contributed by atoms with Crippen molar-refractivity contribution in [3.63, 3.8) is 0 Å². The second-order valence-electron chi connectivity index (χ2n) is 7.73. The van der Waals surface area contributed by atoms with Crippen molar-refractivity contribution < 1.29 is 9.59 Å². The second-order valence-corrected chi connectivity index (χ2v) is 8.51. The summed E-state index contributed by atoms with van der Waals surface area (Å²) in [6, 6.07) is 2.49. The van der Waals surface area contributed by atoms with Crippen LogP contribution in [0.4, 0.5) is 0 Å². The summed E-state index contributed by atoms with van der Waals surface area (Å²) in [7, 11) is 0. The summed E-state index contributed by atoms with van der Waals surface area (Å²) in [6.45, 7) is 4.48. The van der Waals surface area contributed by atoms with Crippen molar-refractivity contribution in [1.29, 1.82) is 0 Å². The number of likely N-dealkylation sites (tertiary alicyclic amines) is 2. The van der Waals surface area contributed by atoms with Gasteiger partial charge < -0.3 is 9.80 Å². The summed E-state index contributed by atoms with van der Waals surface area (Å²) in [6.07, 6.45) is 5.03. The van der Waals surface area contributed by atoms with Gasteiger partial charge in [-0.3, -0.25) is 9.59 Å². The zero-order valence-electron chi connectivity index (χ0n) is 14.3. The van der Waals surface area contributed by atoms with E-state index in [1.54, 1.807) is 11.3 Å². The highest BCUT2D eigenvalue weighted by Crippen LogP contribution is 2.36. The number of carbonyl (C=O) groups excluding carboxylic acids is 2. The van der Waals surface area contributed by atoms with Gasteiger partial charge in [0.2, 0.25) is 11.8 Å². The molecule has 0 radical (unpaired) electrons. The monoisotopic (exact) mass is 346 g/mol. The molecule has 1 aromatic rings. The third kappa shape index (κ3) is 3.10. The van der Waals surface area contributed by atoms with Gasteiger partial charge >= 0.3 is 0 Å². The number of nitrogens with zero attached hydrogens (tertiary/aromatic N) is 2. The van der Waals surface area contributed by atoms with Crippen LogP contribution in [0.15, 0.2) is 16.8 Å². The van der Waals surface area contributed by atoms with Gasteiger partial charge in [-0.05, 0) is 61.4 Å². The molecule has 0 unspecified atom stereocenters. The molecule has 3 atom stereocenters. The van der Waals surface area contributed by atoms with Crippen molar-refractivity contribution in [3.05, 3.63) is 22.4 Å². The minimum atomic E-state index is 0.00475. The lowest BCUT2D eigenvalue weighted by atomic mass is 9.96. The summed E-state index contributed by atoms with van der Waals surface area (Å²) < 4.78 is 0. The minimum absolute atomic E-state index is 0.00475. The third-order valence-electron chi connectivity index (χ3n) is 5.88. The standard InChI is InChI=1S/C19H26N2O2S/c1-13-9-17(16-6-8-24-12-16)11-21(13)19(23)15-3-2-7-20(10-15)18(22)14-4-5-14/h6,8,12-15,17H,2-5,7,9-11H2,1H3/t13-,15+,17-/m1/s1. The summed E-state index contributed by atoms with van der Waals surface area (Å²) in [5, 5.41) is 4.33. The first kappa shape index (κ1) is 16.1. The molecule has 1 saturated carbocycles. The van der Waals surface area contributed by atoms with Crippen LogP contribution in [0.2, 0.25) is 0 Å². The maximum absolute atomic E-state index is 13.1. The number of thiophene rings is 1. The predicted molar refractivity (Wildman–Crippen MR) is 94.9 cm³/mol. The van der Waals surface area contributed by atoms with E-state index in [1.807, 2.05) is 4.90 Å². The van der Waals surface area contributed by atoms with Crippen LogP contribution in [0.3, 0.4) is 0 Å². The maximum atomic E-state index is 13.1. The predicted octanol–water partition coefficient (Wildman–Crippen LogP) is 3.10. The van der Waals surface area contributed by atoms with Crippen LogP contribution in [0.1, 0.15) is 50.5 Å². The van der Waals surface area contributed by atoms with Gasteiger partial charge in [-0.25, -0.2) is 0 Å². The second kappa shape index (κ2) is 6.51. The fourth-order valence-corrected chi connectivity index (χ4v) is 5.03. The summed E-state index contributed by atoms with van der Waals surface area (Å²) in [4.78, 5) is 29.4. The molecule has 4 nitrogen and oxygen atoms in total. The first-order valence-corrected chi connectivity index (χ1v) is 10.2. The Kier molecular flexibility index (Phi) is 4.37. The normalized spacial score (nSPS) is 30.6. The quantitative estimate of drug-likeness (QED) is 0.844. The Bertz CT molecular complexity index is 611. The smallest absolute Gasteiger partial charge is 0.227 e. The number of hydrogen-bond donors (Lipinski definition) is 0. The Morgan fingerprint density at radius 3 is 2.67 bits per heavy atom. The van der Waals surface area contributed by atoms with Gasteiger partial charge in [0.15, 0.2) is 0 Å². The molecule has 3 heterocycles. The summed E-state index contributed by atoms with van der Waals surface area (Å²) in [5.74, 6) is 1.30. The Morgan fingerprint density at radius 1 is 1.12 bits per heavy atom. The maximum Gasteiger partial charge on any atom is 0.227 e. The average molecular weight is 346 g/mol. The summed E-state index contributed by atoms with van der Waals surface area (Å²) >= 11 is 1.73. The van der Waals surface area contributed by atoms with Gasteiger partial charge in [0.05, 0.1) is 5.92 Å². The molecule has 0 spiro atoms. The molecule has 3 aliphatic rings. The van der Waals surface area contributed by atoms with Crippen LogP contribution < -0.4 is 0 Å². The molecule has 0 N–H and O–H groups in total. The topological polar surface area (TPSA) is 40.6 Å². The molecule has 3 fully saturated rings. The zero-order valence-corrected chi connectivity index (χ0v) is 15.1. The minimum Gasteiger partial charge on any atom is -0.342 e. The van der Waals surface area contributed by atoms with Crippen molar-refractivity contribution in [2.75, 3.05) is 19.6 Å². The van der Waals surface area contributed by atoms with Crippen molar-refractivity contribution in [3.8, 4) is 0 Å². The van der Waals surface area contributed by atoms with Crippen molar-refractivity contribution >= 4 is 23.2 Å². The van der Waals surface area contributed by atoms with Crippen LogP contribution in [0.5, 0.6) is 0 Å². The fourth-order valence-electron chi connectivity index (χ4n) is 4.29. The molecule has 2 aliphatic heterocycles. The van der Waals surface area contributed by atoms with Crippen LogP contribution in [0, 0.1) is 11.8 Å². The summed E-state index contributed by atoms with van der Waals surface area (Å²) in [5.41, 5.74) is 1.37. The van der Waals surface area contributed by atoms with Crippen LogP contribution >= 0.6 is 11.3 Å². The lowest BCUT2D eigenvalue weighted by Gasteiger charge is -2.35. The van der Waals surface area contributed by atoms with E-state index in [2.05, 4.69) is 28.7 Å². The third-order valence-corrected chi connectivity index (χ3v) is 6.58. The van der Waals surface area contributed by atoms with E-state index in [4.69, 9.17) is 0 Å². The van der Waals surface area contributed by atoms with E-state index in [1.165, 1.54) is 5.56 Å². The molecule has 24 heavy (non-hydrogen) atoms. The number of piperidine rings is 1. The molecule has 0 bridgehead atoms. The molecule has 2 amide bonds. The van der Waals surface area contributed by atoms with E-state index in [0.29, 0.717) is 18.5 Å². The highest BCUT2D eigenvalue weighted by molar-refractivity contribution is 7.08. The van der Waals surface area contributed by atoms with E-state index in [-0.39, 0.29) is 23.7 Å². The van der Waals surface area contributed by atoms with Crippen LogP contribution in [-0.4, -0.2) is 47.3 Å². The number of hydrogen-bond acceptors (Lipinski definition) is 3. The molecular weight excluding hydrogens is 320 g/mol. The molecule has 0 aromatic carbocycles. The van der Waals surface area contributed by atoms with Crippen LogP contribution in [0.25, 0.3) is 0 Å². The van der Waals surface area contributed by atoms with Crippen molar-refractivity contribution in [2.45, 2.75) is 51.0 Å². The largest absolute Gasteiger partial charge is 0.342 e. The average Bonchev–Trinajstić information content (AvgIpc) is 3.16. The molecular formula is C19H26N2O2S. The highest BCUT2D eigenvalue weighted by atomic mass is 32.1. The van der Waals surface area contributed by atoms with Gasteiger partial charge in [0.25, 0.3) is 0 Å². The lowest BCUT2D eigenvalue weighted by molar-refractivity contribution is -0.141. The molecule has 4 rings (SSSR count). The Morgan fingerprint density at radius 2 is 1.96 bits per heavy atom. The highest BCUT2D eigenvalue weighted by Gasteiger charge is 2.40. The van der Waals surface area contributed by atoms with Crippen LogP contribution in [-0.2, 0) is 9.59 Å². The number of amides is 2. The molecule has 2 saturated heterocycles. The SMILES string of the molecule is C[C@@H]1C[C@@H](c2ccsc2)CN1C(=O)[C@H]1CCCN(C(=O)C2CC2)C1. The van der Waals surface area contributed by atoms with Gasteiger partial charge in [-0.1, -0.05) is 0 Å². The fraction of sp³-hybridized carbons (Fsp3) is 0.684. The number of carbonyl (C=O) groups is 2. The Labute approximate surface area is 147 Å². The van der Waals surface area contributed by atoms with E-state index in [9.17, 15) is 9.59 Å². The zero-order chi connectivity index (χ0) is 16.7. The van der Waals surface area contributed by atoms with Gasteiger partial charge in [0, 0.05) is 37.5 Å². The van der Waals surface area contributed by atoms with E-state index >= 15 is 0 Å². The van der Waals surface area contributed by atoms with Crippen molar-refractivity contribution in [1.82, 2.24) is 9.80 Å².